The van der Waals surface area contributed by atoms with Crippen LogP contribution in [0.3, 0.4) is 0 Å². The van der Waals surface area contributed by atoms with Crippen LogP contribution in [0.2, 0.25) is 0 Å². The van der Waals surface area contributed by atoms with Crippen molar-refractivity contribution in [2.45, 2.75) is 97.3 Å². The lowest BCUT2D eigenvalue weighted by atomic mass is 9.90. The van der Waals surface area contributed by atoms with E-state index < -0.39 is 29.4 Å². The minimum atomic E-state index is -1.45. The molecule has 9 heteroatoms. The highest BCUT2D eigenvalue weighted by molar-refractivity contribution is 5.99. The summed E-state index contributed by atoms with van der Waals surface area (Å²) >= 11 is 0. The highest BCUT2D eigenvalue weighted by Crippen LogP contribution is 2.26. The summed E-state index contributed by atoms with van der Waals surface area (Å²) in [7, 11) is 0. The fourth-order valence-corrected chi connectivity index (χ4v) is 4.11. The number of aliphatic hydroxyl groups excluding tert-OH is 1. The second-order valence-electron chi connectivity index (χ2n) is 11.3. The zero-order chi connectivity index (χ0) is 26.9. The van der Waals surface area contributed by atoms with Gasteiger partial charge in [-0.2, -0.15) is 0 Å². The lowest BCUT2D eigenvalue weighted by Gasteiger charge is -2.37. The van der Waals surface area contributed by atoms with Crippen molar-refractivity contribution in [3.05, 3.63) is 29.8 Å². The van der Waals surface area contributed by atoms with Crippen LogP contribution in [0.5, 0.6) is 5.75 Å². The van der Waals surface area contributed by atoms with E-state index in [0.717, 1.165) is 5.75 Å². The number of carbonyl (C=O) groups excluding carboxylic acids is 1. The Morgan fingerprint density at radius 1 is 1.14 bits per heavy atom. The number of benzene rings is 1. The topological polar surface area (TPSA) is 121 Å². The number of rotatable bonds is 7. The largest absolute Gasteiger partial charge is 0.493 e. The van der Waals surface area contributed by atoms with Crippen LogP contribution in [-0.2, 0) is 4.74 Å². The highest BCUT2D eigenvalue weighted by atomic mass is 16.6. The summed E-state index contributed by atoms with van der Waals surface area (Å²) in [6, 6.07) is 7.40. The summed E-state index contributed by atoms with van der Waals surface area (Å²) in [4.78, 5) is 29.1. The molecule has 36 heavy (non-hydrogen) atoms. The highest BCUT2D eigenvalue weighted by Gasteiger charge is 2.35. The second kappa shape index (κ2) is 12.9. The SMILES string of the molecule is CC(C)(C)OC(=O)N(C(=NC(=O)O)NCC[C@@H](O)c1cccc(OCC2CCCCC2)c1)C(C)(C)C. The van der Waals surface area contributed by atoms with Gasteiger partial charge in [0.05, 0.1) is 12.7 Å². The summed E-state index contributed by atoms with van der Waals surface area (Å²) in [5, 5.41) is 23.0. The Balaban J connectivity index is 2.03. The molecule has 0 heterocycles. The molecule has 1 aliphatic rings. The molecule has 1 aromatic rings. The first-order valence-corrected chi connectivity index (χ1v) is 12.8. The average molecular weight is 506 g/mol. The van der Waals surface area contributed by atoms with Crippen LogP contribution < -0.4 is 10.1 Å². The second-order valence-corrected chi connectivity index (χ2v) is 11.3. The number of carboxylic acid groups (broad SMARTS) is 1. The summed E-state index contributed by atoms with van der Waals surface area (Å²) in [5.74, 6) is 1.15. The molecule has 2 amide bonds. The van der Waals surface area contributed by atoms with E-state index >= 15 is 0 Å². The Morgan fingerprint density at radius 2 is 1.81 bits per heavy atom. The van der Waals surface area contributed by atoms with E-state index in [4.69, 9.17) is 9.47 Å². The molecule has 0 saturated heterocycles. The van der Waals surface area contributed by atoms with E-state index in [1.165, 1.54) is 37.0 Å². The van der Waals surface area contributed by atoms with Gasteiger partial charge in [0.25, 0.3) is 0 Å². The van der Waals surface area contributed by atoms with E-state index in [2.05, 4.69) is 10.3 Å². The molecule has 3 N–H and O–H groups in total. The molecule has 0 radical (unpaired) electrons. The quantitative estimate of drug-likeness (QED) is 0.320. The fraction of sp³-hybridized carbons (Fsp3) is 0.667. The molecule has 1 atom stereocenters. The summed E-state index contributed by atoms with van der Waals surface area (Å²) < 4.78 is 11.5. The number of guanidine groups is 1. The Labute approximate surface area is 214 Å². The lowest BCUT2D eigenvalue weighted by Crippen LogP contribution is -2.56. The van der Waals surface area contributed by atoms with Gasteiger partial charge < -0.3 is 25.0 Å². The predicted molar refractivity (Wildman–Crippen MR) is 139 cm³/mol. The molecule has 1 fully saturated rings. The lowest BCUT2D eigenvalue weighted by molar-refractivity contribution is 0.0241. The van der Waals surface area contributed by atoms with E-state index in [0.29, 0.717) is 18.1 Å². The minimum Gasteiger partial charge on any atom is -0.493 e. The van der Waals surface area contributed by atoms with Crippen molar-refractivity contribution in [1.82, 2.24) is 10.2 Å². The fourth-order valence-electron chi connectivity index (χ4n) is 4.11. The number of hydrogen-bond acceptors (Lipinski definition) is 5. The molecule has 2 rings (SSSR count). The number of nitrogens with one attached hydrogen (secondary N) is 1. The van der Waals surface area contributed by atoms with Gasteiger partial charge >= 0.3 is 12.2 Å². The van der Waals surface area contributed by atoms with Gasteiger partial charge in [-0.05, 0) is 84.4 Å². The maximum Gasteiger partial charge on any atom is 0.434 e. The molecule has 0 unspecified atom stereocenters. The van der Waals surface area contributed by atoms with Gasteiger partial charge in [0.1, 0.15) is 11.4 Å². The molecule has 0 aromatic heterocycles. The van der Waals surface area contributed by atoms with E-state index in [1.807, 2.05) is 24.3 Å². The first-order chi connectivity index (χ1) is 16.8. The van der Waals surface area contributed by atoms with Crippen molar-refractivity contribution in [2.75, 3.05) is 13.2 Å². The van der Waals surface area contributed by atoms with Gasteiger partial charge in [0.15, 0.2) is 0 Å². The van der Waals surface area contributed by atoms with Crippen molar-refractivity contribution in [2.24, 2.45) is 10.9 Å². The predicted octanol–water partition coefficient (Wildman–Crippen LogP) is 5.73. The number of aliphatic hydroxyl groups is 1. The summed E-state index contributed by atoms with van der Waals surface area (Å²) in [5.41, 5.74) is -0.879. The third-order valence-corrected chi connectivity index (χ3v) is 5.81. The molecular formula is C27H43N3O6. The summed E-state index contributed by atoms with van der Waals surface area (Å²) in [6.07, 6.45) is 3.50. The smallest absolute Gasteiger partial charge is 0.434 e. The number of amides is 2. The van der Waals surface area contributed by atoms with E-state index in [1.54, 1.807) is 41.5 Å². The van der Waals surface area contributed by atoms with Crippen molar-refractivity contribution in [1.29, 1.82) is 0 Å². The normalized spacial score (nSPS) is 16.2. The molecule has 0 bridgehead atoms. The van der Waals surface area contributed by atoms with Gasteiger partial charge in [-0.1, -0.05) is 31.4 Å². The molecule has 1 saturated carbocycles. The van der Waals surface area contributed by atoms with Crippen LogP contribution >= 0.6 is 0 Å². The maximum atomic E-state index is 12.9. The number of aliphatic imine (C=N–C) groups is 1. The minimum absolute atomic E-state index is 0.152. The van der Waals surface area contributed by atoms with Gasteiger partial charge in [-0.15, -0.1) is 4.99 Å². The van der Waals surface area contributed by atoms with Crippen molar-refractivity contribution >= 4 is 18.1 Å². The van der Waals surface area contributed by atoms with E-state index in [9.17, 15) is 19.8 Å². The summed E-state index contributed by atoms with van der Waals surface area (Å²) in [6.45, 7) is 11.3. The van der Waals surface area contributed by atoms with Crippen molar-refractivity contribution < 1.29 is 29.3 Å². The molecule has 1 aliphatic carbocycles. The third kappa shape index (κ3) is 10.0. The van der Waals surface area contributed by atoms with E-state index in [-0.39, 0.29) is 18.9 Å². The molecule has 0 aliphatic heterocycles. The van der Waals surface area contributed by atoms with Crippen LogP contribution in [-0.4, -0.2) is 57.6 Å². The zero-order valence-electron chi connectivity index (χ0n) is 22.5. The van der Waals surface area contributed by atoms with Gasteiger partial charge in [0, 0.05) is 12.1 Å². The Morgan fingerprint density at radius 3 is 2.39 bits per heavy atom. The van der Waals surface area contributed by atoms with Gasteiger partial charge in [-0.25, -0.2) is 14.5 Å². The average Bonchev–Trinajstić information content (AvgIpc) is 2.76. The van der Waals surface area contributed by atoms with Crippen molar-refractivity contribution in [3.8, 4) is 5.75 Å². The monoisotopic (exact) mass is 505 g/mol. The van der Waals surface area contributed by atoms with Crippen LogP contribution in [0.15, 0.2) is 29.3 Å². The number of ether oxygens (including phenoxy) is 2. The van der Waals surface area contributed by atoms with Crippen LogP contribution in [0.25, 0.3) is 0 Å². The number of carbonyl (C=O) groups is 2. The van der Waals surface area contributed by atoms with Gasteiger partial charge in [-0.3, -0.25) is 0 Å². The molecule has 202 valence electrons. The molecular weight excluding hydrogens is 462 g/mol. The first-order valence-electron chi connectivity index (χ1n) is 12.8. The molecule has 9 nitrogen and oxygen atoms in total. The van der Waals surface area contributed by atoms with Crippen LogP contribution in [0, 0.1) is 5.92 Å². The number of nitrogens with zero attached hydrogens (tertiary/aromatic N) is 2. The van der Waals surface area contributed by atoms with Crippen LogP contribution in [0.4, 0.5) is 9.59 Å². The molecule has 1 aromatic carbocycles. The van der Waals surface area contributed by atoms with Crippen LogP contribution in [0.1, 0.15) is 91.7 Å². The Hall–Kier alpha value is -2.81. The Bertz CT molecular complexity index is 898. The molecule has 0 spiro atoms. The van der Waals surface area contributed by atoms with Crippen molar-refractivity contribution in [3.63, 3.8) is 0 Å². The first kappa shape index (κ1) is 29.4. The number of hydrogen-bond donors (Lipinski definition) is 3. The maximum absolute atomic E-state index is 12.9. The Kier molecular flexibility index (Phi) is 10.6. The third-order valence-electron chi connectivity index (χ3n) is 5.81. The zero-order valence-corrected chi connectivity index (χ0v) is 22.5. The standard InChI is InChI=1S/C27H43N3O6/c1-26(2,3)30(25(34)36-27(4,5)6)23(29-24(32)33)28-16-15-22(31)20-13-10-14-21(17-20)35-18-19-11-8-7-9-12-19/h10,13-14,17,19,22,31H,7-9,11-12,15-16,18H2,1-6H3,(H,28,29)(H,32,33)/t22-/m1/s1. The van der Waals surface area contributed by atoms with Gasteiger partial charge in [0.2, 0.25) is 5.96 Å².